The van der Waals surface area contributed by atoms with E-state index < -0.39 is 0 Å². The molecule has 0 radical (unpaired) electrons. The van der Waals surface area contributed by atoms with Gasteiger partial charge in [-0.15, -0.1) is 11.3 Å². The first-order chi connectivity index (χ1) is 13.4. The number of carbonyl (C=O) groups excluding carboxylic acids is 1. The number of carbonyl (C=O) groups is 1. The van der Waals surface area contributed by atoms with E-state index in [2.05, 4.69) is 15.3 Å². The number of nitrogens with one attached hydrogen (secondary N) is 1. The van der Waals surface area contributed by atoms with E-state index >= 15 is 0 Å². The van der Waals surface area contributed by atoms with Crippen LogP contribution in [0.5, 0.6) is 0 Å². The van der Waals surface area contributed by atoms with E-state index in [0.29, 0.717) is 21.8 Å². The molecule has 0 aliphatic carbocycles. The highest BCUT2D eigenvalue weighted by Gasteiger charge is 2.15. The highest BCUT2D eigenvalue weighted by molar-refractivity contribution is 7.25. The van der Waals surface area contributed by atoms with E-state index in [1.165, 1.54) is 22.2 Å². The maximum atomic E-state index is 12.9. The Morgan fingerprint density at radius 1 is 1.25 bits per heavy atom. The predicted molar refractivity (Wildman–Crippen MR) is 112 cm³/mol. The van der Waals surface area contributed by atoms with Gasteiger partial charge in [-0.1, -0.05) is 23.7 Å². The first-order valence-corrected chi connectivity index (χ1v) is 9.89. The average molecular weight is 413 g/mol. The number of fused-ring (bicyclic) bond motifs is 3. The van der Waals surface area contributed by atoms with Gasteiger partial charge in [0.2, 0.25) is 5.91 Å². The molecule has 6 nitrogen and oxygen atoms in total. The largest absolute Gasteiger partial charge is 0.350 e. The molecule has 0 saturated carbocycles. The summed E-state index contributed by atoms with van der Waals surface area (Å²) in [6.45, 7) is 4.19. The van der Waals surface area contributed by atoms with Gasteiger partial charge in [0.15, 0.2) is 0 Å². The lowest BCUT2D eigenvalue weighted by Crippen LogP contribution is -2.31. The lowest BCUT2D eigenvalue weighted by Gasteiger charge is -2.07. The molecule has 0 unspecified atom stereocenters. The molecule has 0 bridgehead atoms. The topological polar surface area (TPSA) is 76.9 Å². The number of hydrogen-bond donors (Lipinski definition) is 1. The fourth-order valence-corrected chi connectivity index (χ4v) is 4.45. The molecular weight excluding hydrogens is 396 g/mol. The minimum Gasteiger partial charge on any atom is -0.350 e. The number of amides is 1. The zero-order valence-corrected chi connectivity index (χ0v) is 16.9. The molecule has 0 spiro atoms. The number of rotatable bonds is 4. The van der Waals surface area contributed by atoms with Crippen LogP contribution >= 0.6 is 22.9 Å². The van der Waals surface area contributed by atoms with E-state index in [-0.39, 0.29) is 18.0 Å². The van der Waals surface area contributed by atoms with Gasteiger partial charge in [0.05, 0.1) is 11.8 Å². The van der Waals surface area contributed by atoms with Crippen LogP contribution in [0.25, 0.3) is 20.4 Å². The predicted octanol–water partition coefficient (Wildman–Crippen LogP) is 3.59. The molecule has 8 heteroatoms. The van der Waals surface area contributed by atoms with Gasteiger partial charge in [-0.05, 0) is 43.2 Å². The number of halogens is 1. The maximum absolute atomic E-state index is 12.9. The molecule has 142 valence electrons. The third kappa shape index (κ3) is 3.50. The quantitative estimate of drug-likeness (QED) is 0.555. The highest BCUT2D eigenvalue weighted by Crippen LogP contribution is 2.31. The van der Waals surface area contributed by atoms with Crippen molar-refractivity contribution in [1.82, 2.24) is 19.9 Å². The van der Waals surface area contributed by atoms with Gasteiger partial charge in [-0.2, -0.15) is 0 Å². The van der Waals surface area contributed by atoms with E-state index in [1.807, 2.05) is 32.0 Å². The van der Waals surface area contributed by atoms with Crippen LogP contribution in [0.3, 0.4) is 0 Å². The summed E-state index contributed by atoms with van der Waals surface area (Å²) in [7, 11) is 0. The Labute approximate surface area is 169 Å². The standard InChI is InChI=1S/C20H17ClN4O2S/c1-11-7-12(2)24-19-16(11)17-18(28-19)20(27)25(10-23-17)9-15(26)22-8-13-3-5-14(21)6-4-13/h3-7,10H,8-9H2,1-2H3,(H,22,26). The fraction of sp³-hybridized carbons (Fsp3) is 0.200. The molecule has 4 rings (SSSR count). The van der Waals surface area contributed by atoms with Crippen molar-refractivity contribution in [3.05, 3.63) is 68.9 Å². The number of benzene rings is 1. The third-order valence-corrected chi connectivity index (χ3v) is 5.77. The molecule has 3 aromatic heterocycles. The molecule has 1 amide bonds. The minimum absolute atomic E-state index is 0.0882. The van der Waals surface area contributed by atoms with Crippen molar-refractivity contribution in [3.63, 3.8) is 0 Å². The van der Waals surface area contributed by atoms with Crippen LogP contribution in [0, 0.1) is 13.8 Å². The second kappa shape index (κ2) is 7.33. The van der Waals surface area contributed by atoms with Crippen LogP contribution in [0.15, 0.2) is 41.5 Å². The normalized spacial score (nSPS) is 11.2. The first kappa shape index (κ1) is 18.6. The molecule has 0 atom stereocenters. The van der Waals surface area contributed by atoms with E-state index in [1.54, 1.807) is 12.1 Å². The first-order valence-electron chi connectivity index (χ1n) is 8.69. The smallest absolute Gasteiger partial charge is 0.271 e. The lowest BCUT2D eigenvalue weighted by atomic mass is 10.1. The van der Waals surface area contributed by atoms with Crippen molar-refractivity contribution in [2.75, 3.05) is 0 Å². The summed E-state index contributed by atoms with van der Waals surface area (Å²) in [5.41, 5.74) is 3.29. The highest BCUT2D eigenvalue weighted by atomic mass is 35.5. The Morgan fingerprint density at radius 3 is 2.75 bits per heavy atom. The van der Waals surface area contributed by atoms with E-state index in [4.69, 9.17) is 11.6 Å². The molecule has 4 aromatic rings. The Balaban J connectivity index is 1.58. The average Bonchev–Trinajstić information content (AvgIpc) is 3.03. The van der Waals surface area contributed by atoms with Crippen LogP contribution < -0.4 is 10.9 Å². The molecular formula is C20H17ClN4O2S. The Morgan fingerprint density at radius 2 is 2.00 bits per heavy atom. The van der Waals surface area contributed by atoms with Crippen molar-refractivity contribution in [2.45, 2.75) is 26.9 Å². The molecule has 1 aromatic carbocycles. The molecule has 0 fully saturated rings. The van der Waals surface area contributed by atoms with Crippen LogP contribution in [0.2, 0.25) is 5.02 Å². The van der Waals surface area contributed by atoms with Gasteiger partial charge < -0.3 is 5.32 Å². The van der Waals surface area contributed by atoms with Gasteiger partial charge >= 0.3 is 0 Å². The zero-order chi connectivity index (χ0) is 19.8. The van der Waals surface area contributed by atoms with Gasteiger partial charge in [-0.25, -0.2) is 9.97 Å². The Hall–Kier alpha value is -2.77. The summed E-state index contributed by atoms with van der Waals surface area (Å²) in [5, 5.41) is 4.35. The van der Waals surface area contributed by atoms with Crippen LogP contribution in [-0.2, 0) is 17.9 Å². The Kier molecular flexibility index (Phi) is 4.87. The summed E-state index contributed by atoms with van der Waals surface area (Å²) in [6, 6.07) is 9.20. The van der Waals surface area contributed by atoms with Crippen LogP contribution in [0.1, 0.15) is 16.8 Å². The maximum Gasteiger partial charge on any atom is 0.271 e. The van der Waals surface area contributed by atoms with Crippen molar-refractivity contribution in [1.29, 1.82) is 0 Å². The summed E-state index contributed by atoms with van der Waals surface area (Å²) < 4.78 is 1.85. The van der Waals surface area contributed by atoms with Gasteiger partial charge in [0.25, 0.3) is 5.56 Å². The second-order valence-electron chi connectivity index (χ2n) is 6.62. The third-order valence-electron chi connectivity index (χ3n) is 4.46. The van der Waals surface area contributed by atoms with Crippen molar-refractivity contribution in [2.24, 2.45) is 0 Å². The molecule has 1 N–H and O–H groups in total. The van der Waals surface area contributed by atoms with E-state index in [0.717, 1.165) is 27.0 Å². The van der Waals surface area contributed by atoms with E-state index in [9.17, 15) is 9.59 Å². The molecule has 0 saturated heterocycles. The molecule has 28 heavy (non-hydrogen) atoms. The van der Waals surface area contributed by atoms with Gasteiger partial charge in [0, 0.05) is 22.6 Å². The second-order valence-corrected chi connectivity index (χ2v) is 8.06. The van der Waals surface area contributed by atoms with Crippen LogP contribution in [-0.4, -0.2) is 20.4 Å². The number of thiophene rings is 1. The van der Waals surface area contributed by atoms with Crippen molar-refractivity contribution >= 4 is 49.3 Å². The van der Waals surface area contributed by atoms with Crippen LogP contribution in [0.4, 0.5) is 0 Å². The van der Waals surface area contributed by atoms with Crippen molar-refractivity contribution < 1.29 is 4.79 Å². The summed E-state index contributed by atoms with van der Waals surface area (Å²) >= 11 is 7.18. The number of aryl methyl sites for hydroxylation is 2. The zero-order valence-electron chi connectivity index (χ0n) is 15.3. The van der Waals surface area contributed by atoms with Gasteiger partial charge in [-0.3, -0.25) is 14.2 Å². The number of nitrogens with zero attached hydrogens (tertiary/aromatic N) is 3. The monoisotopic (exact) mass is 412 g/mol. The number of hydrogen-bond acceptors (Lipinski definition) is 5. The molecule has 0 aliphatic heterocycles. The molecule has 3 heterocycles. The fourth-order valence-electron chi connectivity index (χ4n) is 3.13. The van der Waals surface area contributed by atoms with Gasteiger partial charge in [0.1, 0.15) is 16.1 Å². The number of aromatic nitrogens is 3. The summed E-state index contributed by atoms with van der Waals surface area (Å²) in [6.07, 6.45) is 1.43. The number of pyridine rings is 1. The molecule has 0 aliphatic rings. The SMILES string of the molecule is Cc1cc(C)c2c(n1)sc1c(=O)n(CC(=O)NCc3ccc(Cl)cc3)cnc12. The Bertz CT molecular complexity index is 1260. The van der Waals surface area contributed by atoms with Crippen molar-refractivity contribution in [3.8, 4) is 0 Å². The minimum atomic E-state index is -0.260. The lowest BCUT2D eigenvalue weighted by molar-refractivity contribution is -0.121. The summed E-state index contributed by atoms with van der Waals surface area (Å²) in [4.78, 5) is 34.9. The summed E-state index contributed by atoms with van der Waals surface area (Å²) in [5.74, 6) is -0.260.